The van der Waals surface area contributed by atoms with Crippen LogP contribution in [0.25, 0.3) is 0 Å². The number of halogens is 1. The van der Waals surface area contributed by atoms with Gasteiger partial charge >= 0.3 is 0 Å². The number of anilines is 3. The average Bonchev–Trinajstić information content (AvgIpc) is 3.13. The molecule has 0 aliphatic carbocycles. The van der Waals surface area contributed by atoms with Crippen molar-refractivity contribution in [2.24, 2.45) is 0 Å². The van der Waals surface area contributed by atoms with Crippen molar-refractivity contribution in [1.82, 2.24) is 0 Å². The molecule has 1 aliphatic heterocycles. The third kappa shape index (κ3) is 4.89. The standard InChI is InChI=1S/C20H24ClN3O/c1-15-4-5-17(14-19(15)21)22-11-10-20(25)23-16-6-8-18(9-7-16)24-12-2-3-13-24/h4-9,14,22H,2-3,10-13H2,1H3,(H,23,25). The number of carbonyl (C=O) groups excluding carboxylic acids is 1. The highest BCUT2D eigenvalue weighted by molar-refractivity contribution is 6.31. The quantitative estimate of drug-likeness (QED) is 0.788. The molecule has 0 atom stereocenters. The number of amides is 1. The van der Waals surface area contributed by atoms with E-state index in [1.807, 2.05) is 37.3 Å². The van der Waals surface area contributed by atoms with E-state index in [9.17, 15) is 4.79 Å². The first kappa shape index (κ1) is 17.6. The first-order valence-electron chi connectivity index (χ1n) is 8.77. The highest BCUT2D eigenvalue weighted by atomic mass is 35.5. The fourth-order valence-electron chi connectivity index (χ4n) is 2.98. The highest BCUT2D eigenvalue weighted by Gasteiger charge is 2.12. The normalized spacial score (nSPS) is 13.8. The van der Waals surface area contributed by atoms with Crippen molar-refractivity contribution in [3.63, 3.8) is 0 Å². The molecular formula is C20H24ClN3O. The van der Waals surface area contributed by atoms with Crippen molar-refractivity contribution in [1.29, 1.82) is 0 Å². The highest BCUT2D eigenvalue weighted by Crippen LogP contribution is 2.22. The Morgan fingerprint density at radius 3 is 2.44 bits per heavy atom. The van der Waals surface area contributed by atoms with E-state index in [-0.39, 0.29) is 5.91 Å². The van der Waals surface area contributed by atoms with Gasteiger partial charge in [0.05, 0.1) is 0 Å². The van der Waals surface area contributed by atoms with E-state index in [2.05, 4.69) is 27.7 Å². The summed E-state index contributed by atoms with van der Waals surface area (Å²) < 4.78 is 0. The lowest BCUT2D eigenvalue weighted by Crippen LogP contribution is -2.18. The van der Waals surface area contributed by atoms with Gasteiger partial charge in [-0.3, -0.25) is 4.79 Å². The number of nitrogens with zero attached hydrogens (tertiary/aromatic N) is 1. The predicted octanol–water partition coefficient (Wildman–Crippen LogP) is 4.69. The van der Waals surface area contributed by atoms with E-state index in [4.69, 9.17) is 11.6 Å². The molecule has 1 fully saturated rings. The molecule has 2 N–H and O–H groups in total. The third-order valence-corrected chi connectivity index (χ3v) is 4.88. The minimum Gasteiger partial charge on any atom is -0.384 e. The van der Waals surface area contributed by atoms with Crippen molar-refractivity contribution in [2.75, 3.05) is 35.2 Å². The van der Waals surface area contributed by atoms with Gasteiger partial charge in [-0.15, -0.1) is 0 Å². The fourth-order valence-corrected chi connectivity index (χ4v) is 3.16. The van der Waals surface area contributed by atoms with Crippen LogP contribution in [0, 0.1) is 6.92 Å². The second-order valence-corrected chi connectivity index (χ2v) is 6.84. The first-order valence-corrected chi connectivity index (χ1v) is 9.14. The minimum atomic E-state index is -0.000342. The van der Waals surface area contributed by atoms with Gasteiger partial charge in [0.2, 0.25) is 5.91 Å². The molecule has 2 aromatic carbocycles. The molecule has 0 aromatic heterocycles. The van der Waals surface area contributed by atoms with E-state index in [1.54, 1.807) is 0 Å². The summed E-state index contributed by atoms with van der Waals surface area (Å²) in [5.41, 5.74) is 4.04. The topological polar surface area (TPSA) is 44.4 Å². The van der Waals surface area contributed by atoms with Crippen LogP contribution in [0.4, 0.5) is 17.1 Å². The van der Waals surface area contributed by atoms with Crippen LogP contribution >= 0.6 is 11.6 Å². The molecule has 2 aromatic rings. The number of aryl methyl sites for hydroxylation is 1. The molecule has 0 radical (unpaired) electrons. The Labute approximate surface area is 154 Å². The second-order valence-electron chi connectivity index (χ2n) is 6.43. The lowest BCUT2D eigenvalue weighted by atomic mass is 10.2. The SMILES string of the molecule is Cc1ccc(NCCC(=O)Nc2ccc(N3CCCC3)cc2)cc1Cl. The summed E-state index contributed by atoms with van der Waals surface area (Å²) in [5, 5.41) is 6.90. The molecule has 0 spiro atoms. The summed E-state index contributed by atoms with van der Waals surface area (Å²) >= 11 is 6.10. The zero-order chi connectivity index (χ0) is 17.6. The van der Waals surface area contributed by atoms with Crippen molar-refractivity contribution >= 4 is 34.6 Å². The lowest BCUT2D eigenvalue weighted by molar-refractivity contribution is -0.115. The Balaban J connectivity index is 1.44. The van der Waals surface area contributed by atoms with E-state index in [0.29, 0.717) is 13.0 Å². The van der Waals surface area contributed by atoms with Crippen molar-refractivity contribution in [2.45, 2.75) is 26.2 Å². The number of hydrogen-bond acceptors (Lipinski definition) is 3. The average molecular weight is 358 g/mol. The van der Waals surface area contributed by atoms with E-state index >= 15 is 0 Å². The van der Waals surface area contributed by atoms with Crippen LogP contribution in [0.3, 0.4) is 0 Å². The second kappa shape index (κ2) is 8.26. The lowest BCUT2D eigenvalue weighted by Gasteiger charge is -2.17. The zero-order valence-corrected chi connectivity index (χ0v) is 15.3. The molecule has 25 heavy (non-hydrogen) atoms. The molecule has 0 saturated carbocycles. The summed E-state index contributed by atoms with van der Waals surface area (Å²) in [5.74, 6) is -0.000342. The fraction of sp³-hybridized carbons (Fsp3) is 0.350. The summed E-state index contributed by atoms with van der Waals surface area (Å²) in [7, 11) is 0. The van der Waals surface area contributed by atoms with Crippen LogP contribution in [-0.4, -0.2) is 25.5 Å². The maximum absolute atomic E-state index is 12.1. The largest absolute Gasteiger partial charge is 0.384 e. The Hall–Kier alpha value is -2.20. The Bertz CT molecular complexity index is 724. The number of hydrogen-bond donors (Lipinski definition) is 2. The number of rotatable bonds is 6. The molecule has 1 heterocycles. The zero-order valence-electron chi connectivity index (χ0n) is 14.5. The minimum absolute atomic E-state index is 0.000342. The molecular weight excluding hydrogens is 334 g/mol. The molecule has 0 bridgehead atoms. The van der Waals surface area contributed by atoms with E-state index < -0.39 is 0 Å². The van der Waals surface area contributed by atoms with Gasteiger partial charge in [0.15, 0.2) is 0 Å². The molecule has 132 valence electrons. The third-order valence-electron chi connectivity index (χ3n) is 4.48. The van der Waals surface area contributed by atoms with Crippen LogP contribution in [-0.2, 0) is 4.79 Å². The molecule has 1 saturated heterocycles. The van der Waals surface area contributed by atoms with E-state index in [0.717, 1.165) is 35.1 Å². The van der Waals surface area contributed by atoms with Gasteiger partial charge in [0.25, 0.3) is 0 Å². The number of carbonyl (C=O) groups is 1. The van der Waals surface area contributed by atoms with Gasteiger partial charge < -0.3 is 15.5 Å². The smallest absolute Gasteiger partial charge is 0.226 e. The number of benzene rings is 2. The van der Waals surface area contributed by atoms with Gasteiger partial charge in [0, 0.05) is 48.1 Å². The van der Waals surface area contributed by atoms with Gasteiger partial charge in [-0.05, 0) is 61.7 Å². The Morgan fingerprint density at radius 1 is 1.08 bits per heavy atom. The van der Waals surface area contributed by atoms with Crippen LogP contribution < -0.4 is 15.5 Å². The Kier molecular flexibility index (Phi) is 5.82. The first-order chi connectivity index (χ1) is 12.1. The molecule has 1 amide bonds. The molecule has 3 rings (SSSR count). The van der Waals surface area contributed by atoms with Crippen LogP contribution in [0.5, 0.6) is 0 Å². The molecule has 1 aliphatic rings. The van der Waals surface area contributed by atoms with Crippen molar-refractivity contribution in [3.8, 4) is 0 Å². The van der Waals surface area contributed by atoms with Crippen LogP contribution in [0.2, 0.25) is 5.02 Å². The van der Waals surface area contributed by atoms with Gasteiger partial charge in [-0.1, -0.05) is 17.7 Å². The van der Waals surface area contributed by atoms with Gasteiger partial charge in [-0.2, -0.15) is 0 Å². The van der Waals surface area contributed by atoms with Crippen molar-refractivity contribution in [3.05, 3.63) is 53.1 Å². The van der Waals surface area contributed by atoms with Crippen LogP contribution in [0.15, 0.2) is 42.5 Å². The van der Waals surface area contributed by atoms with Gasteiger partial charge in [-0.25, -0.2) is 0 Å². The maximum atomic E-state index is 12.1. The van der Waals surface area contributed by atoms with Gasteiger partial charge in [0.1, 0.15) is 0 Å². The summed E-state index contributed by atoms with van der Waals surface area (Å²) in [6.07, 6.45) is 2.93. The molecule has 5 heteroatoms. The summed E-state index contributed by atoms with van der Waals surface area (Å²) in [6.45, 7) is 4.78. The summed E-state index contributed by atoms with van der Waals surface area (Å²) in [4.78, 5) is 14.5. The van der Waals surface area contributed by atoms with Crippen LogP contribution in [0.1, 0.15) is 24.8 Å². The number of nitrogens with one attached hydrogen (secondary N) is 2. The molecule has 0 unspecified atom stereocenters. The predicted molar refractivity (Wildman–Crippen MR) is 106 cm³/mol. The summed E-state index contributed by atoms with van der Waals surface area (Å²) in [6, 6.07) is 13.9. The Morgan fingerprint density at radius 2 is 1.76 bits per heavy atom. The van der Waals surface area contributed by atoms with Crippen molar-refractivity contribution < 1.29 is 4.79 Å². The maximum Gasteiger partial charge on any atom is 0.226 e. The van der Waals surface area contributed by atoms with E-state index in [1.165, 1.54) is 18.5 Å². The molecule has 4 nitrogen and oxygen atoms in total. The monoisotopic (exact) mass is 357 g/mol.